The third kappa shape index (κ3) is 6.02. The van der Waals surface area contributed by atoms with Crippen molar-refractivity contribution in [3.63, 3.8) is 0 Å². The molecular formula is C21H24N4O2. The first-order valence-corrected chi connectivity index (χ1v) is 9.35. The first kappa shape index (κ1) is 18.8. The van der Waals surface area contributed by atoms with Gasteiger partial charge in [-0.25, -0.2) is 0 Å². The van der Waals surface area contributed by atoms with Gasteiger partial charge in [0.25, 0.3) is 0 Å². The number of azo groups is 1. The first-order valence-electron chi connectivity index (χ1n) is 9.35. The summed E-state index contributed by atoms with van der Waals surface area (Å²) >= 11 is 0. The molecule has 140 valence electrons. The maximum atomic E-state index is 12.3. The van der Waals surface area contributed by atoms with E-state index in [1.54, 1.807) is 29.2 Å². The molecule has 0 atom stereocenters. The number of hydrogen-bond acceptors (Lipinski definition) is 4. The smallest absolute Gasteiger partial charge is 0.243 e. The lowest BCUT2D eigenvalue weighted by Crippen LogP contribution is -2.39. The van der Waals surface area contributed by atoms with E-state index in [0.717, 1.165) is 31.4 Å². The van der Waals surface area contributed by atoms with Gasteiger partial charge in [-0.05, 0) is 49.2 Å². The Kier molecular flexibility index (Phi) is 6.68. The molecule has 6 nitrogen and oxygen atoms in total. The van der Waals surface area contributed by atoms with Crippen molar-refractivity contribution in [2.75, 3.05) is 18.4 Å². The number of amides is 2. The average Bonchev–Trinajstić information content (AvgIpc) is 2.68. The lowest BCUT2D eigenvalue weighted by molar-refractivity contribution is -0.135. The van der Waals surface area contributed by atoms with Crippen molar-refractivity contribution in [1.82, 2.24) is 4.90 Å². The number of rotatable bonds is 5. The zero-order chi connectivity index (χ0) is 18.9. The van der Waals surface area contributed by atoms with Crippen LogP contribution < -0.4 is 5.32 Å². The number of likely N-dealkylation sites (tertiary alicyclic amines) is 1. The van der Waals surface area contributed by atoms with Crippen molar-refractivity contribution in [1.29, 1.82) is 0 Å². The maximum Gasteiger partial charge on any atom is 0.243 e. The molecule has 1 aliphatic rings. The van der Waals surface area contributed by atoms with Gasteiger partial charge < -0.3 is 10.2 Å². The Morgan fingerprint density at radius 3 is 2.30 bits per heavy atom. The van der Waals surface area contributed by atoms with Gasteiger partial charge in [0.15, 0.2) is 0 Å². The highest BCUT2D eigenvalue weighted by atomic mass is 16.2. The Labute approximate surface area is 159 Å². The van der Waals surface area contributed by atoms with Gasteiger partial charge >= 0.3 is 0 Å². The Balaban J connectivity index is 1.53. The minimum absolute atomic E-state index is 0.0709. The fourth-order valence-electron chi connectivity index (χ4n) is 2.98. The standard InChI is InChI=1S/C21H24N4O2/c26-20(16-25-15-7-2-1-6-10-21(25)27)22-17-11-13-19(14-12-17)24-23-18-8-4-3-5-9-18/h3-5,8-9,11-14H,1-2,6-7,10,15-16H2,(H,22,26). The lowest BCUT2D eigenvalue weighted by Gasteiger charge is -2.24. The van der Waals surface area contributed by atoms with Crippen molar-refractivity contribution in [2.24, 2.45) is 10.2 Å². The molecule has 0 aliphatic carbocycles. The predicted octanol–water partition coefficient (Wildman–Crippen LogP) is 4.83. The molecular weight excluding hydrogens is 340 g/mol. The van der Waals surface area contributed by atoms with Gasteiger partial charge in [0.1, 0.15) is 0 Å². The zero-order valence-electron chi connectivity index (χ0n) is 15.3. The zero-order valence-corrected chi connectivity index (χ0v) is 15.3. The van der Waals surface area contributed by atoms with E-state index in [0.29, 0.717) is 24.3 Å². The van der Waals surface area contributed by atoms with Crippen molar-refractivity contribution >= 4 is 28.9 Å². The van der Waals surface area contributed by atoms with Crippen LogP contribution in [0.1, 0.15) is 32.1 Å². The predicted molar refractivity (Wildman–Crippen MR) is 105 cm³/mol. The fourth-order valence-corrected chi connectivity index (χ4v) is 2.98. The molecule has 1 saturated heterocycles. The second-order valence-corrected chi connectivity index (χ2v) is 6.61. The van der Waals surface area contributed by atoms with Gasteiger partial charge in [-0.3, -0.25) is 9.59 Å². The van der Waals surface area contributed by atoms with Crippen LogP contribution in [0.4, 0.5) is 17.1 Å². The third-order valence-corrected chi connectivity index (χ3v) is 4.44. The van der Waals surface area contributed by atoms with Crippen LogP contribution >= 0.6 is 0 Å². The number of carbonyl (C=O) groups is 2. The van der Waals surface area contributed by atoms with Crippen LogP contribution in [0.5, 0.6) is 0 Å². The van der Waals surface area contributed by atoms with E-state index in [1.165, 1.54) is 0 Å². The molecule has 0 radical (unpaired) electrons. The van der Waals surface area contributed by atoms with E-state index in [1.807, 2.05) is 30.3 Å². The van der Waals surface area contributed by atoms with E-state index in [9.17, 15) is 9.59 Å². The summed E-state index contributed by atoms with van der Waals surface area (Å²) in [6.45, 7) is 0.763. The Morgan fingerprint density at radius 1 is 0.889 bits per heavy atom. The molecule has 6 heteroatoms. The Morgan fingerprint density at radius 2 is 1.56 bits per heavy atom. The second kappa shape index (κ2) is 9.62. The molecule has 1 aliphatic heterocycles. The molecule has 27 heavy (non-hydrogen) atoms. The summed E-state index contributed by atoms with van der Waals surface area (Å²) in [6.07, 6.45) is 4.62. The van der Waals surface area contributed by atoms with Crippen LogP contribution in [0.25, 0.3) is 0 Å². The van der Waals surface area contributed by atoms with E-state index in [-0.39, 0.29) is 18.4 Å². The summed E-state index contributed by atoms with van der Waals surface area (Å²) in [7, 11) is 0. The van der Waals surface area contributed by atoms with Crippen LogP contribution in [0.2, 0.25) is 0 Å². The molecule has 1 fully saturated rings. The maximum absolute atomic E-state index is 12.3. The molecule has 0 unspecified atom stereocenters. The number of benzene rings is 2. The molecule has 1 heterocycles. The van der Waals surface area contributed by atoms with Gasteiger partial charge in [-0.2, -0.15) is 10.2 Å². The van der Waals surface area contributed by atoms with Crippen LogP contribution in [-0.2, 0) is 9.59 Å². The van der Waals surface area contributed by atoms with Gasteiger partial charge in [0.05, 0.1) is 17.9 Å². The molecule has 0 spiro atoms. The molecule has 2 aromatic carbocycles. The van der Waals surface area contributed by atoms with Crippen molar-refractivity contribution in [3.8, 4) is 0 Å². The molecule has 0 saturated carbocycles. The third-order valence-electron chi connectivity index (χ3n) is 4.44. The minimum atomic E-state index is -0.178. The summed E-state index contributed by atoms with van der Waals surface area (Å²) in [5, 5.41) is 11.2. The Hall–Kier alpha value is -3.02. The highest BCUT2D eigenvalue weighted by Crippen LogP contribution is 2.20. The quantitative estimate of drug-likeness (QED) is 0.771. The molecule has 0 aromatic heterocycles. The minimum Gasteiger partial charge on any atom is -0.333 e. The van der Waals surface area contributed by atoms with Gasteiger partial charge in [-0.1, -0.05) is 31.0 Å². The van der Waals surface area contributed by atoms with Gasteiger partial charge in [0, 0.05) is 18.7 Å². The van der Waals surface area contributed by atoms with Crippen LogP contribution in [0.3, 0.4) is 0 Å². The number of carbonyl (C=O) groups excluding carboxylic acids is 2. The molecule has 2 aromatic rings. The SMILES string of the molecule is O=C(CN1CCCCCCC1=O)Nc1ccc(N=Nc2ccccc2)cc1. The van der Waals surface area contributed by atoms with E-state index < -0.39 is 0 Å². The fraction of sp³-hybridized carbons (Fsp3) is 0.333. The summed E-state index contributed by atoms with van der Waals surface area (Å²) in [4.78, 5) is 26.0. The number of hydrogen-bond donors (Lipinski definition) is 1. The van der Waals surface area contributed by atoms with Crippen molar-refractivity contribution in [2.45, 2.75) is 32.1 Å². The first-order chi connectivity index (χ1) is 13.2. The average molecular weight is 364 g/mol. The van der Waals surface area contributed by atoms with Crippen LogP contribution in [0, 0.1) is 0 Å². The largest absolute Gasteiger partial charge is 0.333 e. The lowest BCUT2D eigenvalue weighted by atomic mass is 10.1. The molecule has 0 bridgehead atoms. The number of nitrogens with zero attached hydrogens (tertiary/aromatic N) is 3. The Bertz CT molecular complexity index is 788. The number of nitrogens with one attached hydrogen (secondary N) is 1. The normalized spacial score (nSPS) is 15.4. The highest BCUT2D eigenvalue weighted by Gasteiger charge is 2.18. The topological polar surface area (TPSA) is 74.1 Å². The molecule has 3 rings (SSSR count). The second-order valence-electron chi connectivity index (χ2n) is 6.61. The van der Waals surface area contributed by atoms with Gasteiger partial charge in [0.2, 0.25) is 11.8 Å². The molecule has 2 amide bonds. The summed E-state index contributed by atoms with van der Waals surface area (Å²) in [6, 6.07) is 16.7. The van der Waals surface area contributed by atoms with E-state index >= 15 is 0 Å². The van der Waals surface area contributed by atoms with E-state index in [4.69, 9.17) is 0 Å². The number of anilines is 1. The molecule has 1 N–H and O–H groups in total. The highest BCUT2D eigenvalue weighted by molar-refractivity contribution is 5.94. The van der Waals surface area contributed by atoms with Crippen molar-refractivity contribution < 1.29 is 9.59 Å². The van der Waals surface area contributed by atoms with E-state index in [2.05, 4.69) is 15.5 Å². The summed E-state index contributed by atoms with van der Waals surface area (Å²) in [5.74, 6) is -0.107. The van der Waals surface area contributed by atoms with Gasteiger partial charge in [-0.15, -0.1) is 0 Å². The summed E-state index contributed by atoms with van der Waals surface area (Å²) in [5.41, 5.74) is 2.17. The van der Waals surface area contributed by atoms with Crippen LogP contribution in [-0.4, -0.2) is 29.8 Å². The monoisotopic (exact) mass is 364 g/mol. The van der Waals surface area contributed by atoms with Crippen molar-refractivity contribution in [3.05, 3.63) is 54.6 Å². The van der Waals surface area contributed by atoms with Crippen LogP contribution in [0.15, 0.2) is 64.8 Å². The summed E-state index contributed by atoms with van der Waals surface area (Å²) < 4.78 is 0.